The van der Waals surface area contributed by atoms with Crippen LogP contribution in [0.4, 0.5) is 0 Å². The molecule has 2 heterocycles. The average molecular weight is 399 g/mol. The highest BCUT2D eigenvalue weighted by Gasteiger charge is 2.56. The van der Waals surface area contributed by atoms with E-state index in [1.165, 1.54) is 30.6 Å². The molecule has 2 unspecified atom stereocenters. The van der Waals surface area contributed by atoms with E-state index in [4.69, 9.17) is 27.7 Å². The maximum Gasteiger partial charge on any atom is 0.169 e. The van der Waals surface area contributed by atoms with Crippen LogP contribution < -0.4 is 5.32 Å². The first kappa shape index (κ1) is 16.6. The summed E-state index contributed by atoms with van der Waals surface area (Å²) in [7, 11) is 0. The predicted octanol–water partition coefficient (Wildman–Crippen LogP) is 4.88. The molecule has 4 aliphatic carbocycles. The van der Waals surface area contributed by atoms with Gasteiger partial charge in [0.25, 0.3) is 0 Å². The van der Waals surface area contributed by atoms with Crippen LogP contribution in [-0.4, -0.2) is 21.4 Å². The average Bonchev–Trinajstić information content (AvgIpc) is 3.09. The van der Waals surface area contributed by atoms with Crippen molar-refractivity contribution in [1.29, 1.82) is 0 Å². The van der Waals surface area contributed by atoms with Crippen molar-refractivity contribution in [1.82, 2.24) is 10.5 Å². The maximum atomic E-state index is 10.9. The molecule has 7 heteroatoms. The minimum atomic E-state index is -0.451. The number of rotatable bonds is 4. The number of hydrogen-bond acceptors (Lipinski definition) is 5. The first-order valence-electron chi connectivity index (χ1n) is 8.80. The highest BCUT2D eigenvalue weighted by atomic mass is 35.5. The van der Waals surface area contributed by atoms with Gasteiger partial charge >= 0.3 is 0 Å². The van der Waals surface area contributed by atoms with Gasteiger partial charge in [-0.05, 0) is 56.4 Å². The molecule has 4 saturated carbocycles. The Bertz CT molecular complexity index is 804. The molecule has 2 N–H and O–H groups in total. The van der Waals surface area contributed by atoms with Crippen molar-refractivity contribution in [2.45, 2.75) is 56.2 Å². The smallest absolute Gasteiger partial charge is 0.169 e. The molecule has 0 spiro atoms. The monoisotopic (exact) mass is 398 g/mol. The molecule has 0 amide bonds. The quantitative estimate of drug-likeness (QED) is 0.769. The van der Waals surface area contributed by atoms with E-state index >= 15 is 0 Å². The van der Waals surface area contributed by atoms with Crippen molar-refractivity contribution in [3.63, 3.8) is 0 Å². The van der Waals surface area contributed by atoms with Crippen molar-refractivity contribution in [3.05, 3.63) is 26.5 Å². The molecule has 0 radical (unpaired) electrons. The molecule has 25 heavy (non-hydrogen) atoms. The van der Waals surface area contributed by atoms with E-state index in [1.54, 1.807) is 6.07 Å². The Kier molecular flexibility index (Phi) is 3.78. The van der Waals surface area contributed by atoms with Gasteiger partial charge in [0, 0.05) is 18.2 Å². The molecule has 4 aliphatic rings. The Morgan fingerprint density at radius 2 is 2.00 bits per heavy atom. The summed E-state index contributed by atoms with van der Waals surface area (Å²) in [5, 5.41) is 18.7. The van der Waals surface area contributed by atoms with Gasteiger partial charge in [-0.15, -0.1) is 11.3 Å². The molecule has 6 rings (SSSR count). The van der Waals surface area contributed by atoms with Crippen LogP contribution in [0.25, 0.3) is 11.3 Å². The molecule has 0 saturated heterocycles. The van der Waals surface area contributed by atoms with Crippen LogP contribution in [0.3, 0.4) is 0 Å². The predicted molar refractivity (Wildman–Crippen MR) is 99.0 cm³/mol. The molecular formula is C18H20Cl2N2O2S. The van der Waals surface area contributed by atoms with Crippen molar-refractivity contribution in [3.8, 4) is 11.3 Å². The number of aliphatic hydroxyl groups is 1. The van der Waals surface area contributed by atoms with Crippen LogP contribution in [0, 0.1) is 11.8 Å². The summed E-state index contributed by atoms with van der Waals surface area (Å²) in [4.78, 5) is 0. The summed E-state index contributed by atoms with van der Waals surface area (Å²) in [5.41, 5.74) is 1.25. The van der Waals surface area contributed by atoms with Crippen molar-refractivity contribution in [2.24, 2.45) is 11.8 Å². The number of nitrogens with zero attached hydrogens (tertiary/aromatic N) is 1. The van der Waals surface area contributed by atoms with E-state index in [2.05, 4.69) is 10.5 Å². The second kappa shape index (κ2) is 5.70. The summed E-state index contributed by atoms with van der Waals surface area (Å²) < 4.78 is 6.71. The van der Waals surface area contributed by atoms with Gasteiger partial charge in [-0.25, -0.2) is 0 Å². The Balaban J connectivity index is 1.32. The first-order valence-corrected chi connectivity index (χ1v) is 10.4. The normalized spacial score (nSPS) is 36.3. The van der Waals surface area contributed by atoms with Crippen molar-refractivity contribution >= 4 is 34.5 Å². The number of halogens is 2. The number of hydrogen-bond donors (Lipinski definition) is 2. The van der Waals surface area contributed by atoms with E-state index in [9.17, 15) is 5.11 Å². The van der Waals surface area contributed by atoms with Gasteiger partial charge in [-0.1, -0.05) is 28.4 Å². The summed E-state index contributed by atoms with van der Waals surface area (Å²) in [6.07, 6.45) is 6.46. The Hall–Kier alpha value is -0.590. The molecule has 0 aliphatic heterocycles. The third-order valence-electron chi connectivity index (χ3n) is 6.16. The number of nitrogens with one attached hydrogen (secondary N) is 1. The van der Waals surface area contributed by atoms with Gasteiger partial charge in [0.05, 0.1) is 21.2 Å². The van der Waals surface area contributed by atoms with Crippen LogP contribution in [0.15, 0.2) is 16.7 Å². The van der Waals surface area contributed by atoms with Gasteiger partial charge in [0.15, 0.2) is 5.76 Å². The fourth-order valence-corrected chi connectivity index (χ4v) is 7.20. The van der Waals surface area contributed by atoms with E-state index in [0.29, 0.717) is 32.8 Å². The van der Waals surface area contributed by atoms with Crippen LogP contribution >= 0.6 is 34.5 Å². The summed E-state index contributed by atoms with van der Waals surface area (Å²) >= 11 is 13.5. The standard InChI is InChI=1S/C18H20Cl2N2O2S/c19-15-3-13(16(20)25-15)14-2-12(22-24-14)8-21-17-4-10-1-11(5-17)7-18(23,6-10)9-17/h2-3,10-11,21,23H,1,4-9H2. The van der Waals surface area contributed by atoms with Gasteiger partial charge in [-0.3, -0.25) is 0 Å². The van der Waals surface area contributed by atoms with Gasteiger partial charge in [0.2, 0.25) is 0 Å². The van der Waals surface area contributed by atoms with Crippen molar-refractivity contribution in [2.75, 3.05) is 0 Å². The molecule has 0 aromatic carbocycles. The van der Waals surface area contributed by atoms with Crippen molar-refractivity contribution < 1.29 is 9.63 Å². The first-order chi connectivity index (χ1) is 11.9. The molecule has 2 aromatic rings. The van der Waals surface area contributed by atoms with Crippen LogP contribution in [0.1, 0.15) is 44.2 Å². The largest absolute Gasteiger partial charge is 0.390 e. The van der Waals surface area contributed by atoms with Crippen LogP contribution in [0.5, 0.6) is 0 Å². The van der Waals surface area contributed by atoms with Crippen LogP contribution in [0.2, 0.25) is 8.67 Å². The molecule has 4 fully saturated rings. The number of aromatic nitrogens is 1. The Morgan fingerprint density at radius 3 is 2.64 bits per heavy atom. The fraction of sp³-hybridized carbons (Fsp3) is 0.611. The highest BCUT2D eigenvalue weighted by molar-refractivity contribution is 7.20. The minimum Gasteiger partial charge on any atom is -0.390 e. The summed E-state index contributed by atoms with van der Waals surface area (Å²) in [6, 6.07) is 3.73. The lowest BCUT2D eigenvalue weighted by molar-refractivity contribution is -0.142. The van der Waals surface area contributed by atoms with Gasteiger partial charge in [0.1, 0.15) is 4.34 Å². The lowest BCUT2D eigenvalue weighted by atomic mass is 9.51. The summed E-state index contributed by atoms with van der Waals surface area (Å²) in [6.45, 7) is 0.647. The molecular weight excluding hydrogens is 379 g/mol. The lowest BCUT2D eigenvalue weighted by Gasteiger charge is -2.60. The highest BCUT2D eigenvalue weighted by Crippen LogP contribution is 2.57. The second-order valence-electron chi connectivity index (χ2n) is 8.24. The zero-order valence-corrected chi connectivity index (χ0v) is 16.1. The van der Waals surface area contributed by atoms with Gasteiger partial charge < -0.3 is 14.9 Å². The molecule has 4 nitrogen and oxygen atoms in total. The molecule has 134 valence electrons. The fourth-order valence-electron chi connectivity index (χ4n) is 5.73. The zero-order chi connectivity index (χ0) is 17.2. The van der Waals surface area contributed by atoms with E-state index < -0.39 is 5.60 Å². The van der Waals surface area contributed by atoms with Gasteiger partial charge in [-0.2, -0.15) is 0 Å². The Labute approximate surface area is 160 Å². The molecule has 4 bridgehead atoms. The van der Waals surface area contributed by atoms with Crippen LogP contribution in [-0.2, 0) is 6.54 Å². The number of thiophene rings is 1. The molecule has 2 atom stereocenters. The SMILES string of the molecule is OC12CC3CC(C1)CC(NCc1cc(-c4cc(Cl)sc4Cl)on1)(C3)C2. The minimum absolute atomic E-state index is 0.0568. The lowest BCUT2D eigenvalue weighted by Crippen LogP contribution is -2.64. The van der Waals surface area contributed by atoms with E-state index in [-0.39, 0.29) is 5.54 Å². The third kappa shape index (κ3) is 2.94. The van der Waals surface area contributed by atoms with E-state index in [1.807, 2.05) is 6.07 Å². The Morgan fingerprint density at radius 1 is 1.24 bits per heavy atom. The third-order valence-corrected chi connectivity index (χ3v) is 7.64. The van der Waals surface area contributed by atoms with E-state index in [0.717, 1.165) is 30.5 Å². The summed E-state index contributed by atoms with van der Waals surface area (Å²) in [5.74, 6) is 1.98. The topological polar surface area (TPSA) is 58.3 Å². The maximum absolute atomic E-state index is 10.9. The molecule has 2 aromatic heterocycles. The zero-order valence-electron chi connectivity index (χ0n) is 13.7. The second-order valence-corrected chi connectivity index (χ2v) is 10.5.